The fraction of sp³-hybridized carbons (Fsp3) is 0.143. The lowest BCUT2D eigenvalue weighted by molar-refractivity contribution is -0.138. The van der Waals surface area contributed by atoms with Crippen LogP contribution in [0.15, 0.2) is 58.6 Å². The second kappa shape index (κ2) is 5.69. The van der Waals surface area contributed by atoms with E-state index < -0.39 is 0 Å². The summed E-state index contributed by atoms with van der Waals surface area (Å²) in [5, 5.41) is 0.841. The summed E-state index contributed by atoms with van der Waals surface area (Å²) in [6.45, 7) is 6.01. The maximum Gasteiger partial charge on any atom is 0.340 e. The second-order valence-electron chi connectivity index (χ2n) is 3.59. The Balaban J connectivity index is 2.25. The van der Waals surface area contributed by atoms with Crippen molar-refractivity contribution < 1.29 is 9.53 Å². The summed E-state index contributed by atoms with van der Waals surface area (Å²) in [5.41, 5.74) is 1.45. The van der Waals surface area contributed by atoms with Gasteiger partial charge in [-0.3, -0.25) is 0 Å². The smallest absolute Gasteiger partial charge is 0.340 e. The van der Waals surface area contributed by atoms with Crippen molar-refractivity contribution in [1.29, 1.82) is 0 Å². The molecule has 1 heterocycles. The zero-order valence-corrected chi connectivity index (χ0v) is 10.9. The van der Waals surface area contributed by atoms with Crippen LogP contribution in [0, 0.1) is 0 Å². The number of thioether (sulfide) groups is 1. The van der Waals surface area contributed by atoms with Gasteiger partial charge in [-0.2, -0.15) is 0 Å². The molecule has 3 nitrogen and oxygen atoms in total. The third kappa shape index (κ3) is 2.71. The van der Waals surface area contributed by atoms with Gasteiger partial charge in [-0.05, 0) is 6.92 Å². The Kier molecular flexibility index (Phi) is 3.99. The van der Waals surface area contributed by atoms with Crippen LogP contribution >= 0.6 is 11.8 Å². The van der Waals surface area contributed by atoms with Crippen molar-refractivity contribution in [1.82, 2.24) is 0 Å². The molecule has 0 bridgehead atoms. The van der Waals surface area contributed by atoms with Crippen molar-refractivity contribution in [3.63, 3.8) is 0 Å². The molecule has 0 saturated heterocycles. The fourth-order valence-corrected chi connectivity index (χ4v) is 2.32. The minimum absolute atomic E-state index is 0.351. The quantitative estimate of drug-likeness (QED) is 0.783. The molecule has 2 rings (SSSR count). The van der Waals surface area contributed by atoms with Crippen LogP contribution in [0.1, 0.15) is 12.5 Å². The predicted octanol–water partition coefficient (Wildman–Crippen LogP) is 3.14. The molecule has 1 aromatic carbocycles. The molecular formula is C14H13NO2S. The van der Waals surface area contributed by atoms with Crippen molar-refractivity contribution in [2.45, 2.75) is 6.92 Å². The maximum atomic E-state index is 11.6. The van der Waals surface area contributed by atoms with E-state index in [1.165, 1.54) is 18.0 Å². The number of nitrogens with zero attached hydrogens (tertiary/aromatic N) is 1. The van der Waals surface area contributed by atoms with Crippen LogP contribution in [0.5, 0.6) is 0 Å². The number of esters is 1. The van der Waals surface area contributed by atoms with Gasteiger partial charge in [0.15, 0.2) is 0 Å². The average molecular weight is 259 g/mol. The Bertz CT molecular complexity index is 532. The third-order valence-electron chi connectivity index (χ3n) is 2.35. The van der Waals surface area contributed by atoms with E-state index in [0.717, 1.165) is 10.6 Å². The normalized spacial score (nSPS) is 14.8. The fourth-order valence-electron chi connectivity index (χ4n) is 1.48. The first-order chi connectivity index (χ1) is 8.72. The molecule has 0 N–H and O–H groups in total. The van der Waals surface area contributed by atoms with Crippen LogP contribution in [-0.4, -0.2) is 17.6 Å². The zero-order chi connectivity index (χ0) is 13.0. The molecule has 1 aliphatic heterocycles. The van der Waals surface area contributed by atoms with Gasteiger partial charge in [-0.1, -0.05) is 48.7 Å². The minimum Gasteiger partial charge on any atom is -0.462 e. The highest BCUT2D eigenvalue weighted by Crippen LogP contribution is 2.31. The highest BCUT2D eigenvalue weighted by atomic mass is 32.2. The average Bonchev–Trinajstić information content (AvgIpc) is 2.40. The van der Waals surface area contributed by atoms with Crippen molar-refractivity contribution in [2.24, 2.45) is 4.99 Å². The lowest BCUT2D eigenvalue weighted by atomic mass is 10.2. The van der Waals surface area contributed by atoms with E-state index in [2.05, 4.69) is 11.6 Å². The van der Waals surface area contributed by atoms with Gasteiger partial charge in [-0.25, -0.2) is 9.79 Å². The monoisotopic (exact) mass is 259 g/mol. The first kappa shape index (κ1) is 12.6. The zero-order valence-electron chi connectivity index (χ0n) is 10.1. The number of ether oxygens (including phenoxy) is 1. The number of benzene rings is 1. The predicted molar refractivity (Wildman–Crippen MR) is 74.4 cm³/mol. The van der Waals surface area contributed by atoms with Crippen molar-refractivity contribution in [3.05, 3.63) is 59.2 Å². The van der Waals surface area contributed by atoms with Gasteiger partial charge in [0.05, 0.1) is 12.2 Å². The molecule has 0 saturated carbocycles. The summed E-state index contributed by atoms with van der Waals surface area (Å²) in [6, 6.07) is 9.80. The molecule has 4 heteroatoms. The van der Waals surface area contributed by atoms with Crippen LogP contribution in [0.2, 0.25) is 0 Å². The van der Waals surface area contributed by atoms with E-state index in [4.69, 9.17) is 4.74 Å². The van der Waals surface area contributed by atoms with Gasteiger partial charge in [0.25, 0.3) is 0 Å². The molecule has 18 heavy (non-hydrogen) atoms. The van der Waals surface area contributed by atoms with E-state index in [0.29, 0.717) is 17.1 Å². The van der Waals surface area contributed by atoms with Gasteiger partial charge >= 0.3 is 5.97 Å². The van der Waals surface area contributed by atoms with E-state index in [9.17, 15) is 4.79 Å². The summed E-state index contributed by atoms with van der Waals surface area (Å²) in [7, 11) is 0. The van der Waals surface area contributed by atoms with Gasteiger partial charge in [0.2, 0.25) is 0 Å². The molecule has 1 aliphatic rings. The van der Waals surface area contributed by atoms with Gasteiger partial charge in [0, 0.05) is 16.7 Å². The highest BCUT2D eigenvalue weighted by Gasteiger charge is 2.20. The first-order valence-corrected chi connectivity index (χ1v) is 6.41. The van der Waals surface area contributed by atoms with Gasteiger partial charge in [0.1, 0.15) is 5.04 Å². The Labute approximate surface area is 110 Å². The first-order valence-electron chi connectivity index (χ1n) is 5.60. The highest BCUT2D eigenvalue weighted by molar-refractivity contribution is 8.18. The maximum absolute atomic E-state index is 11.6. The number of aliphatic imine (C=N–C) groups is 1. The summed E-state index contributed by atoms with van der Waals surface area (Å²) in [4.78, 5) is 16.6. The Morgan fingerprint density at radius 3 is 2.72 bits per heavy atom. The van der Waals surface area contributed by atoms with Crippen molar-refractivity contribution in [3.8, 4) is 0 Å². The summed E-state index contributed by atoms with van der Waals surface area (Å²) >= 11 is 1.39. The van der Waals surface area contributed by atoms with Gasteiger partial charge in [-0.15, -0.1) is 0 Å². The summed E-state index contributed by atoms with van der Waals surface area (Å²) < 4.78 is 4.94. The Morgan fingerprint density at radius 1 is 1.39 bits per heavy atom. The number of hydrogen-bond donors (Lipinski definition) is 0. The van der Waals surface area contributed by atoms with Crippen molar-refractivity contribution in [2.75, 3.05) is 6.61 Å². The van der Waals surface area contributed by atoms with Crippen LogP contribution in [0.3, 0.4) is 0 Å². The third-order valence-corrected chi connectivity index (χ3v) is 3.35. The molecule has 0 fully saturated rings. The van der Waals surface area contributed by atoms with E-state index in [1.807, 2.05) is 30.3 Å². The topological polar surface area (TPSA) is 38.7 Å². The molecule has 0 atom stereocenters. The molecule has 0 radical (unpaired) electrons. The van der Waals surface area contributed by atoms with E-state index >= 15 is 0 Å². The largest absolute Gasteiger partial charge is 0.462 e. The second-order valence-corrected chi connectivity index (χ2v) is 4.67. The molecule has 0 unspecified atom stereocenters. The Morgan fingerprint density at radius 2 is 2.11 bits per heavy atom. The lowest BCUT2D eigenvalue weighted by Crippen LogP contribution is -2.11. The number of hydrogen-bond acceptors (Lipinski definition) is 4. The van der Waals surface area contributed by atoms with Crippen LogP contribution < -0.4 is 0 Å². The molecular weight excluding hydrogens is 246 g/mol. The lowest BCUT2D eigenvalue weighted by Gasteiger charge is -2.14. The Hall–Kier alpha value is -1.81. The van der Waals surface area contributed by atoms with Crippen LogP contribution in [-0.2, 0) is 9.53 Å². The molecule has 0 aromatic heterocycles. The van der Waals surface area contributed by atoms with Crippen LogP contribution in [0.25, 0.3) is 0 Å². The molecule has 0 aliphatic carbocycles. The van der Waals surface area contributed by atoms with E-state index in [1.54, 1.807) is 6.92 Å². The standard InChI is InChI=1S/C14H13NO2S/c1-3-17-14(16)12-9-15-13(18-10(12)2)11-7-5-4-6-8-11/h4-9H,2-3H2,1H3. The SMILES string of the molecule is C=C1SC(c2ccccc2)=NC=C1C(=O)OCC. The summed E-state index contributed by atoms with van der Waals surface area (Å²) in [5.74, 6) is -0.370. The van der Waals surface area contributed by atoms with Crippen LogP contribution in [0.4, 0.5) is 0 Å². The minimum atomic E-state index is -0.370. The molecule has 0 spiro atoms. The number of rotatable bonds is 3. The molecule has 0 amide bonds. The number of carbonyl (C=O) groups is 1. The van der Waals surface area contributed by atoms with Gasteiger partial charge < -0.3 is 4.74 Å². The molecule has 92 valence electrons. The van der Waals surface area contributed by atoms with E-state index in [-0.39, 0.29) is 5.97 Å². The number of carbonyl (C=O) groups excluding carboxylic acids is 1. The summed E-state index contributed by atoms with van der Waals surface area (Å²) in [6.07, 6.45) is 1.53. The molecule has 1 aromatic rings. The van der Waals surface area contributed by atoms with Crippen molar-refractivity contribution >= 4 is 22.8 Å².